The van der Waals surface area contributed by atoms with E-state index in [0.29, 0.717) is 16.7 Å². The normalized spacial score (nSPS) is 28.5. The van der Waals surface area contributed by atoms with Crippen LogP contribution in [0.15, 0.2) is 71.8 Å². The molecule has 2 aromatic carbocycles. The predicted molar refractivity (Wildman–Crippen MR) is 147 cm³/mol. The van der Waals surface area contributed by atoms with E-state index in [1.807, 2.05) is 0 Å². The number of carbonyl (C=O) groups excluding carboxylic acids is 3. The van der Waals surface area contributed by atoms with E-state index in [-0.39, 0.29) is 42.8 Å². The van der Waals surface area contributed by atoms with Crippen molar-refractivity contribution in [3.63, 3.8) is 0 Å². The standard InChI is InChI=1S/C32H37NO7/c1-31(2)14-21-23(24-18-39-29(36)22(24)15-32(3,38)25(21)16-31)17-40-30(37)27(34)26(19-10-6-4-7-11-19)33-28(35)20-12-8-5-9-13-20/h4-13,21,23,25-27,34,38H,14-18H2,1-3H3,(H,33,35)/t21-,23+,25-,26-,27+,32-/m0/s1. The maximum absolute atomic E-state index is 13.3. The fourth-order valence-electron chi connectivity index (χ4n) is 6.86. The first kappa shape index (κ1) is 28.1. The molecular formula is C32H37NO7. The molecule has 1 saturated carbocycles. The number of fused-ring (bicyclic) bond motifs is 1. The third-order valence-electron chi connectivity index (χ3n) is 8.81. The summed E-state index contributed by atoms with van der Waals surface area (Å²) in [6.45, 7) is 6.15. The number of rotatable bonds is 7. The first-order chi connectivity index (χ1) is 19.0. The lowest BCUT2D eigenvalue weighted by Crippen LogP contribution is -2.42. The van der Waals surface area contributed by atoms with Crippen LogP contribution in [0.25, 0.3) is 0 Å². The summed E-state index contributed by atoms with van der Waals surface area (Å²) in [5, 5.41) is 25.4. The van der Waals surface area contributed by atoms with Gasteiger partial charge in [-0.1, -0.05) is 62.4 Å². The number of esters is 2. The Bertz CT molecular complexity index is 1300. The summed E-state index contributed by atoms with van der Waals surface area (Å²) in [7, 11) is 0. The van der Waals surface area contributed by atoms with Crippen molar-refractivity contribution in [2.45, 2.75) is 57.8 Å². The molecule has 1 fully saturated rings. The van der Waals surface area contributed by atoms with Gasteiger partial charge in [-0.25, -0.2) is 9.59 Å². The third-order valence-corrected chi connectivity index (χ3v) is 8.81. The van der Waals surface area contributed by atoms with Crippen LogP contribution in [0.3, 0.4) is 0 Å². The fourth-order valence-corrected chi connectivity index (χ4v) is 6.86. The summed E-state index contributed by atoms with van der Waals surface area (Å²) in [6.07, 6.45) is 0.111. The molecule has 5 rings (SSSR count). The maximum Gasteiger partial charge on any atom is 0.337 e. The van der Waals surface area contributed by atoms with Crippen LogP contribution in [0.4, 0.5) is 0 Å². The Labute approximate surface area is 234 Å². The second kappa shape index (κ2) is 10.8. The van der Waals surface area contributed by atoms with Crippen LogP contribution in [0.5, 0.6) is 0 Å². The largest absolute Gasteiger partial charge is 0.463 e. The number of cyclic esters (lactones) is 1. The molecule has 0 radical (unpaired) electrons. The Kier molecular flexibility index (Phi) is 7.59. The molecule has 1 heterocycles. The van der Waals surface area contributed by atoms with E-state index in [2.05, 4.69) is 19.2 Å². The van der Waals surface area contributed by atoms with Crippen LogP contribution in [0.1, 0.15) is 62.0 Å². The van der Waals surface area contributed by atoms with Gasteiger partial charge in [0, 0.05) is 23.5 Å². The molecule has 3 aliphatic rings. The number of aliphatic hydroxyl groups excluding tert-OH is 1. The Hall–Kier alpha value is -3.49. The van der Waals surface area contributed by atoms with E-state index in [4.69, 9.17) is 9.47 Å². The van der Waals surface area contributed by atoms with Crippen molar-refractivity contribution in [1.29, 1.82) is 0 Å². The maximum atomic E-state index is 13.3. The number of hydrogen-bond acceptors (Lipinski definition) is 7. The first-order valence-corrected chi connectivity index (χ1v) is 13.8. The van der Waals surface area contributed by atoms with E-state index in [1.54, 1.807) is 67.6 Å². The summed E-state index contributed by atoms with van der Waals surface area (Å²) in [5.41, 5.74) is 1.07. The molecule has 1 aliphatic heterocycles. The second-order valence-electron chi connectivity index (χ2n) is 12.4. The van der Waals surface area contributed by atoms with Crippen molar-refractivity contribution in [3.8, 4) is 0 Å². The van der Waals surface area contributed by atoms with Gasteiger partial charge in [0.15, 0.2) is 6.10 Å². The van der Waals surface area contributed by atoms with Crippen molar-refractivity contribution < 1.29 is 34.1 Å². The molecule has 8 nitrogen and oxygen atoms in total. The highest BCUT2D eigenvalue weighted by atomic mass is 16.6. The van der Waals surface area contributed by atoms with Crippen LogP contribution < -0.4 is 5.32 Å². The summed E-state index contributed by atoms with van der Waals surface area (Å²) >= 11 is 0. The van der Waals surface area contributed by atoms with Gasteiger partial charge in [0.25, 0.3) is 5.91 Å². The average molecular weight is 548 g/mol. The van der Waals surface area contributed by atoms with Crippen molar-refractivity contribution in [2.75, 3.05) is 13.2 Å². The number of hydrogen-bond donors (Lipinski definition) is 3. The van der Waals surface area contributed by atoms with E-state index in [0.717, 1.165) is 18.4 Å². The lowest BCUT2D eigenvalue weighted by atomic mass is 9.75. The molecule has 40 heavy (non-hydrogen) atoms. The number of ether oxygens (including phenoxy) is 2. The van der Waals surface area contributed by atoms with Crippen LogP contribution in [-0.2, 0) is 19.1 Å². The first-order valence-electron chi connectivity index (χ1n) is 13.8. The van der Waals surface area contributed by atoms with Gasteiger partial charge >= 0.3 is 11.9 Å². The molecule has 8 heteroatoms. The van der Waals surface area contributed by atoms with E-state index < -0.39 is 35.6 Å². The molecular weight excluding hydrogens is 510 g/mol. The van der Waals surface area contributed by atoms with Crippen LogP contribution >= 0.6 is 0 Å². The minimum Gasteiger partial charge on any atom is -0.463 e. The van der Waals surface area contributed by atoms with E-state index >= 15 is 0 Å². The fraction of sp³-hybridized carbons (Fsp3) is 0.469. The van der Waals surface area contributed by atoms with Crippen LogP contribution in [0, 0.1) is 23.2 Å². The Morgan fingerprint density at radius 2 is 1.70 bits per heavy atom. The van der Waals surface area contributed by atoms with Gasteiger partial charge in [-0.15, -0.1) is 0 Å². The zero-order valence-corrected chi connectivity index (χ0v) is 23.1. The molecule has 3 N–H and O–H groups in total. The summed E-state index contributed by atoms with van der Waals surface area (Å²) < 4.78 is 11.1. The SMILES string of the molecule is CC1(C)C[C@H]2[C@@H](COC(=O)[C@H](O)[C@@H](NC(=O)c3ccccc3)c3ccccc3)C3=C(C[C@](C)(O)[C@H]2C1)C(=O)OC3. The van der Waals surface area contributed by atoms with Crippen LogP contribution in [-0.4, -0.2) is 53.0 Å². The Morgan fingerprint density at radius 1 is 1.05 bits per heavy atom. The van der Waals surface area contributed by atoms with Gasteiger partial charge in [-0.3, -0.25) is 4.79 Å². The summed E-state index contributed by atoms with van der Waals surface area (Å²) in [4.78, 5) is 38.8. The Morgan fingerprint density at radius 3 is 2.38 bits per heavy atom. The van der Waals surface area contributed by atoms with Gasteiger partial charge in [0.05, 0.1) is 18.2 Å². The number of benzene rings is 2. The predicted octanol–water partition coefficient (Wildman–Crippen LogP) is 3.74. The van der Waals surface area contributed by atoms with Gasteiger partial charge in [0.2, 0.25) is 0 Å². The molecule has 0 unspecified atom stereocenters. The lowest BCUT2D eigenvalue weighted by Gasteiger charge is -2.35. The zero-order valence-electron chi connectivity index (χ0n) is 23.1. The quantitative estimate of drug-likeness (QED) is 0.452. The minimum absolute atomic E-state index is 0.0250. The van der Waals surface area contributed by atoms with E-state index in [1.165, 1.54) is 0 Å². The van der Waals surface area contributed by atoms with Gasteiger partial charge in [0.1, 0.15) is 6.61 Å². The highest BCUT2D eigenvalue weighted by Gasteiger charge is 2.55. The molecule has 2 aliphatic carbocycles. The second-order valence-corrected chi connectivity index (χ2v) is 12.4. The molecule has 0 bridgehead atoms. The lowest BCUT2D eigenvalue weighted by molar-refractivity contribution is -0.157. The van der Waals surface area contributed by atoms with Crippen molar-refractivity contribution in [3.05, 3.63) is 82.9 Å². The molecule has 0 spiro atoms. The topological polar surface area (TPSA) is 122 Å². The minimum atomic E-state index is -1.67. The molecule has 2 aromatic rings. The smallest absolute Gasteiger partial charge is 0.337 e. The van der Waals surface area contributed by atoms with E-state index in [9.17, 15) is 24.6 Å². The number of aliphatic hydroxyl groups is 2. The number of carbonyl (C=O) groups is 3. The highest BCUT2D eigenvalue weighted by Crippen LogP contribution is 2.57. The molecule has 0 aromatic heterocycles. The number of nitrogens with one attached hydrogen (secondary N) is 1. The van der Waals surface area contributed by atoms with Crippen molar-refractivity contribution in [2.24, 2.45) is 23.2 Å². The van der Waals surface area contributed by atoms with Crippen molar-refractivity contribution >= 4 is 17.8 Å². The third kappa shape index (κ3) is 5.56. The van der Waals surface area contributed by atoms with Gasteiger partial charge in [-0.05, 0) is 60.3 Å². The van der Waals surface area contributed by atoms with Gasteiger partial charge in [-0.2, -0.15) is 0 Å². The Balaban J connectivity index is 1.37. The molecule has 1 amide bonds. The molecule has 212 valence electrons. The van der Waals surface area contributed by atoms with Gasteiger partial charge < -0.3 is 25.0 Å². The highest BCUT2D eigenvalue weighted by molar-refractivity contribution is 5.95. The molecule has 6 atom stereocenters. The summed E-state index contributed by atoms with van der Waals surface area (Å²) in [6, 6.07) is 16.3. The monoisotopic (exact) mass is 547 g/mol. The zero-order chi connectivity index (χ0) is 28.7. The summed E-state index contributed by atoms with van der Waals surface area (Å²) in [5.74, 6) is -2.18. The average Bonchev–Trinajstić information content (AvgIpc) is 3.44. The van der Waals surface area contributed by atoms with Crippen LogP contribution in [0.2, 0.25) is 0 Å². The number of amides is 1. The van der Waals surface area contributed by atoms with Crippen molar-refractivity contribution in [1.82, 2.24) is 5.32 Å². The molecule has 0 saturated heterocycles.